The van der Waals surface area contributed by atoms with Gasteiger partial charge in [-0.2, -0.15) is 0 Å². The number of pyridine rings is 1. The molecule has 0 spiro atoms. The van der Waals surface area contributed by atoms with Gasteiger partial charge in [-0.05, 0) is 70.4 Å². The second kappa shape index (κ2) is 11.2. The third kappa shape index (κ3) is 6.94. The van der Waals surface area contributed by atoms with Crippen LogP contribution in [0, 0.1) is 19.7 Å². The van der Waals surface area contributed by atoms with Crippen molar-refractivity contribution in [3.05, 3.63) is 58.7 Å². The van der Waals surface area contributed by atoms with E-state index in [9.17, 15) is 14.0 Å². The second-order valence-electron chi connectivity index (χ2n) is 10.2. The van der Waals surface area contributed by atoms with E-state index in [1.165, 1.54) is 19.4 Å². The number of ether oxygens (including phenoxy) is 3. The largest absolute Gasteiger partial charge is 0.483 e. The van der Waals surface area contributed by atoms with E-state index in [-0.39, 0.29) is 23.6 Å². The maximum atomic E-state index is 14.4. The van der Waals surface area contributed by atoms with Gasteiger partial charge in [-0.15, -0.1) is 0 Å². The minimum atomic E-state index is -0.558. The summed E-state index contributed by atoms with van der Waals surface area (Å²) in [6.07, 6.45) is 0.653. The van der Waals surface area contributed by atoms with E-state index in [0.29, 0.717) is 48.6 Å². The maximum absolute atomic E-state index is 14.4. The van der Waals surface area contributed by atoms with Gasteiger partial charge in [0.2, 0.25) is 0 Å². The van der Waals surface area contributed by atoms with Crippen LogP contribution in [0.4, 0.5) is 9.18 Å². The number of carbonyl (C=O) groups is 2. The van der Waals surface area contributed by atoms with Crippen LogP contribution in [0.3, 0.4) is 0 Å². The highest BCUT2D eigenvalue weighted by atomic mass is 19.1. The number of methoxy groups -OCH3 is 1. The van der Waals surface area contributed by atoms with Crippen LogP contribution in [0.1, 0.15) is 61.0 Å². The zero-order valence-corrected chi connectivity index (χ0v) is 22.1. The molecule has 1 aliphatic rings. The fourth-order valence-corrected chi connectivity index (χ4v) is 4.13. The summed E-state index contributed by atoms with van der Waals surface area (Å²) in [6, 6.07) is 6.73. The smallest absolute Gasteiger partial charge is 0.410 e. The molecule has 1 amide bonds. The van der Waals surface area contributed by atoms with Crippen molar-refractivity contribution in [1.29, 1.82) is 0 Å². The van der Waals surface area contributed by atoms with E-state index >= 15 is 0 Å². The molecular weight excluding hydrogens is 465 g/mol. The quantitative estimate of drug-likeness (QED) is 0.532. The van der Waals surface area contributed by atoms with Gasteiger partial charge < -0.3 is 19.1 Å². The number of aryl methyl sites for hydroxylation is 2. The van der Waals surface area contributed by atoms with E-state index < -0.39 is 17.7 Å². The van der Waals surface area contributed by atoms with Crippen LogP contribution in [0.15, 0.2) is 30.5 Å². The molecule has 2 atom stereocenters. The summed E-state index contributed by atoms with van der Waals surface area (Å²) < 4.78 is 31.1. The second-order valence-corrected chi connectivity index (χ2v) is 10.2. The molecule has 1 aromatic heterocycles. The van der Waals surface area contributed by atoms with Gasteiger partial charge in [0, 0.05) is 32.2 Å². The zero-order valence-electron chi connectivity index (χ0n) is 22.1. The lowest BCUT2D eigenvalue weighted by Gasteiger charge is -2.41. The van der Waals surface area contributed by atoms with E-state index in [0.717, 1.165) is 0 Å². The van der Waals surface area contributed by atoms with E-state index in [2.05, 4.69) is 9.88 Å². The topological polar surface area (TPSA) is 81.2 Å². The Morgan fingerprint density at radius 3 is 2.47 bits per heavy atom. The van der Waals surface area contributed by atoms with Gasteiger partial charge in [0.05, 0.1) is 13.3 Å². The summed E-state index contributed by atoms with van der Waals surface area (Å²) in [7, 11) is 1.30. The molecule has 0 unspecified atom stereocenters. The Morgan fingerprint density at radius 2 is 1.89 bits per heavy atom. The van der Waals surface area contributed by atoms with Crippen molar-refractivity contribution in [2.45, 2.75) is 59.3 Å². The molecule has 0 N–H and O–H groups in total. The third-order valence-electron chi connectivity index (χ3n) is 6.04. The van der Waals surface area contributed by atoms with Gasteiger partial charge >= 0.3 is 12.1 Å². The van der Waals surface area contributed by atoms with E-state index in [1.54, 1.807) is 30.9 Å². The normalized spacial score (nSPS) is 17.4. The SMILES string of the molecule is COC(=O)c1ncc(O[C@H](CN2CCN(C(=O)OC(C)(C)C)[C@H](C)C2)c2ccc(C)c(F)c2)cc1C. The summed E-state index contributed by atoms with van der Waals surface area (Å²) in [5.41, 5.74) is 1.52. The van der Waals surface area contributed by atoms with Crippen molar-refractivity contribution in [1.82, 2.24) is 14.8 Å². The minimum absolute atomic E-state index is 0.0627. The summed E-state index contributed by atoms with van der Waals surface area (Å²) in [5, 5.41) is 0. The number of aromatic nitrogens is 1. The molecule has 1 fully saturated rings. The van der Waals surface area contributed by atoms with Crippen LogP contribution in [0.5, 0.6) is 5.75 Å². The Morgan fingerprint density at radius 1 is 1.17 bits per heavy atom. The van der Waals surface area contributed by atoms with Crippen LogP contribution >= 0.6 is 0 Å². The predicted octanol–water partition coefficient (Wildman–Crippen LogP) is 4.69. The number of benzene rings is 1. The van der Waals surface area contributed by atoms with Gasteiger partial charge in [-0.25, -0.2) is 19.0 Å². The average molecular weight is 502 g/mol. The highest BCUT2D eigenvalue weighted by Crippen LogP contribution is 2.27. The van der Waals surface area contributed by atoms with Gasteiger partial charge in [0.1, 0.15) is 23.3 Å². The van der Waals surface area contributed by atoms with Crippen molar-refractivity contribution in [3.63, 3.8) is 0 Å². The molecule has 1 aliphatic heterocycles. The molecule has 2 aromatic rings. The Labute approximate surface area is 212 Å². The number of esters is 1. The Kier molecular flexibility index (Phi) is 8.55. The summed E-state index contributed by atoms with van der Waals surface area (Å²) >= 11 is 0. The number of piperazine rings is 1. The molecule has 1 saturated heterocycles. The lowest BCUT2D eigenvalue weighted by atomic mass is 10.0. The predicted molar refractivity (Wildman–Crippen MR) is 134 cm³/mol. The first-order chi connectivity index (χ1) is 16.9. The standard InChI is InChI=1S/C27H36FN3O5/c1-17-8-9-20(13-22(17)28)23(35-21-12-18(2)24(29-14-21)25(32)34-7)16-30-10-11-31(19(3)15-30)26(33)36-27(4,5)6/h8-9,12-14,19,23H,10-11,15-16H2,1-7H3/t19-,23-/m1/s1. The van der Waals surface area contributed by atoms with E-state index in [1.807, 2.05) is 33.8 Å². The molecule has 8 nitrogen and oxygen atoms in total. The molecule has 0 saturated carbocycles. The third-order valence-corrected chi connectivity index (χ3v) is 6.04. The fourth-order valence-electron chi connectivity index (χ4n) is 4.13. The number of amides is 1. The van der Waals surface area contributed by atoms with Crippen molar-refractivity contribution in [2.75, 3.05) is 33.3 Å². The molecule has 0 radical (unpaired) electrons. The number of hydrogen-bond acceptors (Lipinski definition) is 7. The van der Waals surface area contributed by atoms with Crippen LogP contribution in [-0.2, 0) is 9.47 Å². The van der Waals surface area contributed by atoms with Crippen LogP contribution in [0.2, 0.25) is 0 Å². The summed E-state index contributed by atoms with van der Waals surface area (Å²) in [6.45, 7) is 13.2. The van der Waals surface area contributed by atoms with Crippen LogP contribution in [-0.4, -0.2) is 71.8 Å². The minimum Gasteiger partial charge on any atom is -0.483 e. The Balaban J connectivity index is 1.78. The highest BCUT2D eigenvalue weighted by Gasteiger charge is 2.32. The molecule has 196 valence electrons. The Bertz CT molecular complexity index is 1100. The lowest BCUT2D eigenvalue weighted by molar-refractivity contribution is -0.00301. The number of halogens is 1. The summed E-state index contributed by atoms with van der Waals surface area (Å²) in [5.74, 6) is -0.362. The van der Waals surface area contributed by atoms with Crippen molar-refractivity contribution in [2.24, 2.45) is 0 Å². The number of hydrogen-bond donors (Lipinski definition) is 0. The Hall–Kier alpha value is -3.20. The number of nitrogens with zero attached hydrogens (tertiary/aromatic N) is 3. The molecule has 0 bridgehead atoms. The monoisotopic (exact) mass is 501 g/mol. The van der Waals surface area contributed by atoms with Crippen molar-refractivity contribution >= 4 is 12.1 Å². The highest BCUT2D eigenvalue weighted by molar-refractivity contribution is 5.88. The van der Waals surface area contributed by atoms with Crippen molar-refractivity contribution in [3.8, 4) is 5.75 Å². The fraction of sp³-hybridized carbons (Fsp3) is 0.519. The molecular formula is C27H36FN3O5. The zero-order chi connectivity index (χ0) is 26.6. The van der Waals surface area contributed by atoms with Gasteiger partial charge in [0.15, 0.2) is 5.69 Å². The molecule has 0 aliphatic carbocycles. The molecule has 2 heterocycles. The molecule has 36 heavy (non-hydrogen) atoms. The first-order valence-electron chi connectivity index (χ1n) is 12.1. The summed E-state index contributed by atoms with van der Waals surface area (Å²) in [4.78, 5) is 32.6. The number of rotatable bonds is 6. The van der Waals surface area contributed by atoms with E-state index in [4.69, 9.17) is 14.2 Å². The lowest BCUT2D eigenvalue weighted by Crippen LogP contribution is -2.55. The first-order valence-corrected chi connectivity index (χ1v) is 12.1. The maximum Gasteiger partial charge on any atom is 0.410 e. The average Bonchev–Trinajstić information content (AvgIpc) is 2.79. The van der Waals surface area contributed by atoms with Crippen molar-refractivity contribution < 1.29 is 28.2 Å². The first kappa shape index (κ1) is 27.4. The molecule has 1 aromatic carbocycles. The van der Waals surface area contributed by atoms with Gasteiger partial charge in [-0.1, -0.05) is 12.1 Å². The van der Waals surface area contributed by atoms with Gasteiger partial charge in [0.25, 0.3) is 0 Å². The van der Waals surface area contributed by atoms with Crippen LogP contribution in [0.25, 0.3) is 0 Å². The number of carbonyl (C=O) groups excluding carboxylic acids is 2. The van der Waals surface area contributed by atoms with Crippen LogP contribution < -0.4 is 4.74 Å². The molecule has 3 rings (SSSR count). The van der Waals surface area contributed by atoms with Gasteiger partial charge in [-0.3, -0.25) is 4.90 Å². The molecule has 9 heteroatoms.